The van der Waals surface area contributed by atoms with Gasteiger partial charge in [-0.05, 0) is 41.3 Å². The molecule has 0 spiro atoms. The highest BCUT2D eigenvalue weighted by Crippen LogP contribution is 2.26. The van der Waals surface area contributed by atoms with Gasteiger partial charge in [0.15, 0.2) is 0 Å². The van der Waals surface area contributed by atoms with E-state index in [1.54, 1.807) is 0 Å². The van der Waals surface area contributed by atoms with E-state index in [1.165, 1.54) is 0 Å². The molecule has 2 aromatic rings. The average Bonchev–Trinajstić information content (AvgIpc) is 2.54. The molecule has 1 amide bonds. The number of hydrogen-bond donors (Lipinski definition) is 2. The molecule has 0 aliphatic rings. The van der Waals surface area contributed by atoms with E-state index >= 15 is 0 Å². The van der Waals surface area contributed by atoms with Crippen LogP contribution in [0, 0.1) is 5.92 Å². The lowest BCUT2D eigenvalue weighted by Gasteiger charge is -2.20. The molecule has 0 fully saturated rings. The topological polar surface area (TPSA) is 78.3 Å². The SMILES string of the molecule is CC(c1ccc(OCc2cccc(Cl)c2)cc1)C(CN)C(N)=O. The van der Waals surface area contributed by atoms with Gasteiger partial charge in [0.25, 0.3) is 0 Å². The summed E-state index contributed by atoms with van der Waals surface area (Å²) in [4.78, 5) is 11.4. The van der Waals surface area contributed by atoms with Crippen LogP contribution in [0.25, 0.3) is 0 Å². The van der Waals surface area contributed by atoms with Crippen molar-refractivity contribution in [1.82, 2.24) is 0 Å². The van der Waals surface area contributed by atoms with Gasteiger partial charge in [0.05, 0.1) is 5.92 Å². The number of ether oxygens (including phenoxy) is 1. The van der Waals surface area contributed by atoms with Gasteiger partial charge in [0, 0.05) is 11.6 Å². The van der Waals surface area contributed by atoms with E-state index in [-0.39, 0.29) is 24.3 Å². The first-order valence-electron chi connectivity index (χ1n) is 7.48. The first-order valence-corrected chi connectivity index (χ1v) is 7.85. The number of halogens is 1. The second-order valence-electron chi connectivity index (χ2n) is 5.52. The van der Waals surface area contributed by atoms with Crippen molar-refractivity contribution in [3.63, 3.8) is 0 Å². The molecular formula is C18H21ClN2O2. The predicted molar refractivity (Wildman–Crippen MR) is 92.4 cm³/mol. The Labute approximate surface area is 141 Å². The zero-order chi connectivity index (χ0) is 16.8. The molecule has 2 unspecified atom stereocenters. The van der Waals surface area contributed by atoms with Crippen LogP contribution in [-0.2, 0) is 11.4 Å². The predicted octanol–water partition coefficient (Wildman–Crippen LogP) is 3.08. The molecule has 0 aliphatic heterocycles. The Balaban J connectivity index is 2.00. The normalized spacial score (nSPS) is 13.3. The highest BCUT2D eigenvalue weighted by Gasteiger charge is 2.22. The van der Waals surface area contributed by atoms with Crippen LogP contribution < -0.4 is 16.2 Å². The van der Waals surface area contributed by atoms with Gasteiger partial charge in [-0.15, -0.1) is 0 Å². The van der Waals surface area contributed by atoms with Crippen molar-refractivity contribution in [2.75, 3.05) is 6.54 Å². The minimum Gasteiger partial charge on any atom is -0.489 e. The Bertz CT molecular complexity index is 658. The molecule has 0 radical (unpaired) electrons. The van der Waals surface area contributed by atoms with Gasteiger partial charge in [-0.25, -0.2) is 0 Å². The largest absolute Gasteiger partial charge is 0.489 e. The van der Waals surface area contributed by atoms with Crippen LogP contribution in [0.5, 0.6) is 5.75 Å². The number of carbonyl (C=O) groups is 1. The lowest BCUT2D eigenvalue weighted by atomic mass is 9.87. The summed E-state index contributed by atoms with van der Waals surface area (Å²) in [5.74, 6) is -0.0155. The van der Waals surface area contributed by atoms with E-state index in [4.69, 9.17) is 27.8 Å². The Hall–Kier alpha value is -2.04. The van der Waals surface area contributed by atoms with E-state index < -0.39 is 0 Å². The molecule has 2 aromatic carbocycles. The molecule has 0 aromatic heterocycles. The van der Waals surface area contributed by atoms with E-state index in [9.17, 15) is 4.79 Å². The van der Waals surface area contributed by atoms with Gasteiger partial charge in [0.2, 0.25) is 5.91 Å². The third-order valence-corrected chi connectivity index (χ3v) is 4.16. The van der Waals surface area contributed by atoms with Crippen LogP contribution in [0.15, 0.2) is 48.5 Å². The van der Waals surface area contributed by atoms with Crippen LogP contribution in [-0.4, -0.2) is 12.5 Å². The summed E-state index contributed by atoms with van der Waals surface area (Å²) < 4.78 is 5.74. The fourth-order valence-electron chi connectivity index (χ4n) is 2.46. The fourth-order valence-corrected chi connectivity index (χ4v) is 2.67. The van der Waals surface area contributed by atoms with Gasteiger partial charge in [-0.2, -0.15) is 0 Å². The minimum atomic E-state index is -0.374. The van der Waals surface area contributed by atoms with Crippen molar-refractivity contribution in [3.8, 4) is 5.75 Å². The molecule has 2 atom stereocenters. The van der Waals surface area contributed by atoms with E-state index in [0.717, 1.165) is 16.9 Å². The Morgan fingerprint density at radius 3 is 2.48 bits per heavy atom. The van der Waals surface area contributed by atoms with Gasteiger partial charge < -0.3 is 16.2 Å². The average molecular weight is 333 g/mol. The third kappa shape index (κ3) is 4.71. The second-order valence-corrected chi connectivity index (χ2v) is 5.96. The highest BCUT2D eigenvalue weighted by molar-refractivity contribution is 6.30. The molecule has 5 heteroatoms. The van der Waals surface area contributed by atoms with E-state index in [1.807, 2.05) is 55.5 Å². The van der Waals surface area contributed by atoms with Crippen molar-refractivity contribution in [3.05, 3.63) is 64.7 Å². The summed E-state index contributed by atoms with van der Waals surface area (Å²) in [5.41, 5.74) is 13.0. The quantitative estimate of drug-likeness (QED) is 0.817. The number of nitrogens with two attached hydrogens (primary N) is 2. The van der Waals surface area contributed by atoms with Crippen molar-refractivity contribution in [1.29, 1.82) is 0 Å². The van der Waals surface area contributed by atoms with Crippen LogP contribution in [0.2, 0.25) is 5.02 Å². The molecular weight excluding hydrogens is 312 g/mol. The zero-order valence-corrected chi connectivity index (χ0v) is 13.8. The molecule has 0 bridgehead atoms. The number of amides is 1. The van der Waals surface area contributed by atoms with Crippen LogP contribution in [0.4, 0.5) is 0 Å². The van der Waals surface area contributed by atoms with Gasteiger partial charge in [-0.1, -0.05) is 42.8 Å². The summed E-state index contributed by atoms with van der Waals surface area (Å²) >= 11 is 5.95. The summed E-state index contributed by atoms with van der Waals surface area (Å²) in [5, 5.41) is 0.689. The number of benzene rings is 2. The van der Waals surface area contributed by atoms with E-state index in [2.05, 4.69) is 0 Å². The Morgan fingerprint density at radius 2 is 1.91 bits per heavy atom. The maximum atomic E-state index is 11.4. The molecule has 4 N–H and O–H groups in total. The summed E-state index contributed by atoms with van der Waals surface area (Å²) in [6.45, 7) is 2.63. The van der Waals surface area contributed by atoms with Gasteiger partial charge >= 0.3 is 0 Å². The van der Waals surface area contributed by atoms with Crippen molar-refractivity contribution in [2.24, 2.45) is 17.4 Å². The Kier molecular flexibility index (Phi) is 6.02. The lowest BCUT2D eigenvalue weighted by molar-refractivity contribution is -0.122. The molecule has 4 nitrogen and oxygen atoms in total. The van der Waals surface area contributed by atoms with Gasteiger partial charge in [0.1, 0.15) is 12.4 Å². The molecule has 0 aliphatic carbocycles. The molecule has 0 heterocycles. The second kappa shape index (κ2) is 7.99. The standard InChI is InChI=1S/C18H21ClN2O2/c1-12(17(10-20)18(21)22)14-5-7-16(8-6-14)23-11-13-3-2-4-15(19)9-13/h2-9,12,17H,10-11,20H2,1H3,(H2,21,22). The van der Waals surface area contributed by atoms with Gasteiger partial charge in [-0.3, -0.25) is 4.79 Å². The number of primary amides is 1. The number of hydrogen-bond acceptors (Lipinski definition) is 3. The molecule has 2 rings (SSSR count). The summed E-state index contributed by atoms with van der Waals surface area (Å²) in [6, 6.07) is 15.2. The fraction of sp³-hybridized carbons (Fsp3) is 0.278. The van der Waals surface area contributed by atoms with Crippen molar-refractivity contribution >= 4 is 17.5 Å². The van der Waals surface area contributed by atoms with Crippen LogP contribution in [0.1, 0.15) is 24.0 Å². The molecule has 0 saturated carbocycles. The summed E-state index contributed by atoms with van der Waals surface area (Å²) in [7, 11) is 0. The first-order chi connectivity index (χ1) is 11.0. The van der Waals surface area contributed by atoms with Crippen molar-refractivity contribution in [2.45, 2.75) is 19.4 Å². The molecule has 23 heavy (non-hydrogen) atoms. The van der Waals surface area contributed by atoms with Crippen LogP contribution in [0.3, 0.4) is 0 Å². The molecule has 0 saturated heterocycles. The lowest BCUT2D eigenvalue weighted by Crippen LogP contribution is -2.33. The number of carbonyl (C=O) groups excluding carboxylic acids is 1. The summed E-state index contributed by atoms with van der Waals surface area (Å²) in [6.07, 6.45) is 0. The van der Waals surface area contributed by atoms with Crippen LogP contribution >= 0.6 is 11.6 Å². The number of rotatable bonds is 7. The maximum absolute atomic E-state index is 11.4. The first kappa shape index (κ1) is 17.3. The smallest absolute Gasteiger partial charge is 0.222 e. The monoisotopic (exact) mass is 332 g/mol. The molecule has 122 valence electrons. The van der Waals surface area contributed by atoms with Crippen molar-refractivity contribution < 1.29 is 9.53 Å². The minimum absolute atomic E-state index is 0.0283. The Morgan fingerprint density at radius 1 is 1.22 bits per heavy atom. The zero-order valence-electron chi connectivity index (χ0n) is 13.0. The van der Waals surface area contributed by atoms with E-state index in [0.29, 0.717) is 11.6 Å². The maximum Gasteiger partial charge on any atom is 0.222 e. The highest BCUT2D eigenvalue weighted by atomic mass is 35.5. The third-order valence-electron chi connectivity index (χ3n) is 3.92.